The van der Waals surface area contributed by atoms with Crippen LogP contribution in [0.2, 0.25) is 15.2 Å². The summed E-state index contributed by atoms with van der Waals surface area (Å²) in [5.41, 5.74) is 0.575. The van der Waals surface area contributed by atoms with Crippen LogP contribution in [0.25, 0.3) is 11.3 Å². The number of pyridine rings is 1. The SMILES string of the molecule is COC(=O)c1cc(F)cc(-c2nc(Cl)c(Cl)cc2Cl)c1. The van der Waals surface area contributed by atoms with Crippen molar-refractivity contribution in [2.75, 3.05) is 7.11 Å². The fourth-order valence-electron chi connectivity index (χ4n) is 1.61. The van der Waals surface area contributed by atoms with Gasteiger partial charge in [0.2, 0.25) is 0 Å². The van der Waals surface area contributed by atoms with Crippen LogP contribution in [0.3, 0.4) is 0 Å². The molecule has 0 saturated heterocycles. The zero-order chi connectivity index (χ0) is 14.9. The molecule has 2 aromatic rings. The molecule has 0 N–H and O–H groups in total. The van der Waals surface area contributed by atoms with Gasteiger partial charge in [0, 0.05) is 5.56 Å². The van der Waals surface area contributed by atoms with Crippen molar-refractivity contribution in [3.63, 3.8) is 0 Å². The zero-order valence-electron chi connectivity index (χ0n) is 10.1. The molecule has 0 saturated carbocycles. The maximum atomic E-state index is 13.6. The van der Waals surface area contributed by atoms with Crippen LogP contribution in [0.4, 0.5) is 4.39 Å². The standard InChI is InChI=1S/C13H7Cl3FNO2/c1-20-13(19)7-2-6(3-8(17)4-7)11-9(14)5-10(15)12(16)18-11/h2-5H,1H3. The van der Waals surface area contributed by atoms with Crippen LogP contribution in [0.15, 0.2) is 24.3 Å². The molecule has 0 amide bonds. The van der Waals surface area contributed by atoms with Crippen molar-refractivity contribution in [2.24, 2.45) is 0 Å². The van der Waals surface area contributed by atoms with Gasteiger partial charge in [-0.05, 0) is 24.3 Å². The maximum absolute atomic E-state index is 13.6. The van der Waals surface area contributed by atoms with E-state index < -0.39 is 11.8 Å². The monoisotopic (exact) mass is 333 g/mol. The lowest BCUT2D eigenvalue weighted by molar-refractivity contribution is 0.0600. The number of nitrogens with zero attached hydrogens (tertiary/aromatic N) is 1. The van der Waals surface area contributed by atoms with Crippen LogP contribution in [0.1, 0.15) is 10.4 Å². The Morgan fingerprint density at radius 3 is 2.50 bits per heavy atom. The van der Waals surface area contributed by atoms with E-state index in [1.165, 1.54) is 25.3 Å². The molecule has 0 bridgehead atoms. The molecule has 2 rings (SSSR count). The Morgan fingerprint density at radius 1 is 1.15 bits per heavy atom. The Balaban J connectivity index is 2.61. The molecule has 20 heavy (non-hydrogen) atoms. The number of esters is 1. The highest BCUT2D eigenvalue weighted by atomic mass is 35.5. The highest BCUT2D eigenvalue weighted by Crippen LogP contribution is 2.33. The zero-order valence-corrected chi connectivity index (χ0v) is 12.4. The maximum Gasteiger partial charge on any atom is 0.337 e. The van der Waals surface area contributed by atoms with Crippen molar-refractivity contribution in [3.8, 4) is 11.3 Å². The lowest BCUT2D eigenvalue weighted by Crippen LogP contribution is -2.02. The van der Waals surface area contributed by atoms with Crippen molar-refractivity contribution < 1.29 is 13.9 Å². The van der Waals surface area contributed by atoms with E-state index in [2.05, 4.69) is 9.72 Å². The number of carbonyl (C=O) groups is 1. The summed E-state index contributed by atoms with van der Waals surface area (Å²) in [5.74, 6) is -1.28. The minimum absolute atomic E-state index is 0.0370. The third kappa shape index (κ3) is 3.03. The quantitative estimate of drug-likeness (QED) is 0.593. The molecule has 3 nitrogen and oxygen atoms in total. The number of halogens is 4. The first kappa shape index (κ1) is 15.0. The fourth-order valence-corrected chi connectivity index (χ4v) is 2.22. The summed E-state index contributed by atoms with van der Waals surface area (Å²) in [6.45, 7) is 0. The molecule has 0 spiro atoms. The molecule has 0 aliphatic rings. The van der Waals surface area contributed by atoms with Gasteiger partial charge in [-0.1, -0.05) is 34.8 Å². The Kier molecular flexibility index (Phi) is 4.48. The highest BCUT2D eigenvalue weighted by molar-refractivity contribution is 6.43. The lowest BCUT2D eigenvalue weighted by atomic mass is 10.1. The molecule has 0 radical (unpaired) electrons. The van der Waals surface area contributed by atoms with Gasteiger partial charge >= 0.3 is 5.97 Å². The van der Waals surface area contributed by atoms with E-state index in [1.807, 2.05) is 0 Å². The molecule has 1 heterocycles. The minimum Gasteiger partial charge on any atom is -0.465 e. The van der Waals surface area contributed by atoms with Crippen molar-refractivity contribution >= 4 is 40.8 Å². The van der Waals surface area contributed by atoms with Crippen LogP contribution in [-0.4, -0.2) is 18.1 Å². The highest BCUT2D eigenvalue weighted by Gasteiger charge is 2.14. The largest absolute Gasteiger partial charge is 0.465 e. The first-order valence-electron chi connectivity index (χ1n) is 5.33. The van der Waals surface area contributed by atoms with Crippen LogP contribution in [0, 0.1) is 5.82 Å². The van der Waals surface area contributed by atoms with Gasteiger partial charge in [-0.2, -0.15) is 0 Å². The first-order valence-corrected chi connectivity index (χ1v) is 6.46. The van der Waals surface area contributed by atoms with Gasteiger partial charge in [0.05, 0.1) is 28.4 Å². The summed E-state index contributed by atoms with van der Waals surface area (Å²) < 4.78 is 18.1. The minimum atomic E-state index is -0.665. The Hall–Kier alpha value is -1.36. The molecule has 1 aromatic heterocycles. The predicted molar refractivity (Wildman–Crippen MR) is 76.0 cm³/mol. The predicted octanol–water partition coefficient (Wildman–Crippen LogP) is 4.63. The van der Waals surface area contributed by atoms with Crippen molar-refractivity contribution in [3.05, 3.63) is 50.8 Å². The molecule has 0 aliphatic heterocycles. The van der Waals surface area contributed by atoms with E-state index in [1.54, 1.807) is 0 Å². The molecule has 0 atom stereocenters. The van der Waals surface area contributed by atoms with Crippen molar-refractivity contribution in [1.82, 2.24) is 4.98 Å². The Labute approximate surface area is 129 Å². The average Bonchev–Trinajstić information content (AvgIpc) is 2.41. The number of hydrogen-bond donors (Lipinski definition) is 0. The molecular weight excluding hydrogens is 328 g/mol. The van der Waals surface area contributed by atoms with Crippen LogP contribution < -0.4 is 0 Å². The summed E-state index contributed by atoms with van der Waals surface area (Å²) in [5, 5.41) is 0.417. The average molecular weight is 335 g/mol. The fraction of sp³-hybridized carbons (Fsp3) is 0.0769. The first-order chi connectivity index (χ1) is 9.42. The normalized spacial score (nSPS) is 10.4. The van der Waals surface area contributed by atoms with Gasteiger partial charge in [-0.3, -0.25) is 0 Å². The third-order valence-electron chi connectivity index (χ3n) is 2.48. The smallest absolute Gasteiger partial charge is 0.337 e. The molecule has 104 valence electrons. The van der Waals surface area contributed by atoms with E-state index in [4.69, 9.17) is 34.8 Å². The number of aromatic nitrogens is 1. The molecule has 0 unspecified atom stereocenters. The third-order valence-corrected chi connectivity index (χ3v) is 3.44. The number of methoxy groups -OCH3 is 1. The van der Waals surface area contributed by atoms with Gasteiger partial charge in [-0.25, -0.2) is 14.2 Å². The van der Waals surface area contributed by atoms with Gasteiger partial charge in [0.1, 0.15) is 11.0 Å². The van der Waals surface area contributed by atoms with Crippen LogP contribution >= 0.6 is 34.8 Å². The van der Waals surface area contributed by atoms with Gasteiger partial charge in [0.15, 0.2) is 0 Å². The number of ether oxygens (including phenoxy) is 1. The van der Waals surface area contributed by atoms with E-state index in [0.717, 1.165) is 6.07 Å². The van der Waals surface area contributed by atoms with Gasteiger partial charge in [-0.15, -0.1) is 0 Å². The Morgan fingerprint density at radius 2 is 1.85 bits per heavy atom. The number of rotatable bonds is 2. The van der Waals surface area contributed by atoms with E-state index in [-0.39, 0.29) is 26.5 Å². The lowest BCUT2D eigenvalue weighted by Gasteiger charge is -2.08. The van der Waals surface area contributed by atoms with Crippen LogP contribution in [0.5, 0.6) is 0 Å². The molecule has 7 heteroatoms. The molecular formula is C13H7Cl3FNO2. The van der Waals surface area contributed by atoms with E-state index >= 15 is 0 Å². The number of benzene rings is 1. The molecule has 1 aromatic carbocycles. The Bertz CT molecular complexity index is 692. The van der Waals surface area contributed by atoms with Crippen molar-refractivity contribution in [2.45, 2.75) is 0 Å². The summed E-state index contributed by atoms with van der Waals surface area (Å²) in [6.07, 6.45) is 0. The second-order valence-corrected chi connectivity index (χ2v) is 4.98. The summed E-state index contributed by atoms with van der Waals surface area (Å²) >= 11 is 17.6. The van der Waals surface area contributed by atoms with Gasteiger partial charge < -0.3 is 4.74 Å². The topological polar surface area (TPSA) is 39.2 Å². The summed E-state index contributed by atoms with van der Waals surface area (Å²) in [7, 11) is 1.21. The van der Waals surface area contributed by atoms with Crippen LogP contribution in [-0.2, 0) is 4.74 Å². The van der Waals surface area contributed by atoms with Gasteiger partial charge in [0.25, 0.3) is 0 Å². The second-order valence-electron chi connectivity index (χ2n) is 3.81. The number of hydrogen-bond acceptors (Lipinski definition) is 3. The molecule has 0 fully saturated rings. The summed E-state index contributed by atoms with van der Waals surface area (Å²) in [4.78, 5) is 15.5. The molecule has 0 aliphatic carbocycles. The van der Waals surface area contributed by atoms with Crippen molar-refractivity contribution in [1.29, 1.82) is 0 Å². The van der Waals surface area contributed by atoms with E-state index in [0.29, 0.717) is 5.56 Å². The van der Waals surface area contributed by atoms with E-state index in [9.17, 15) is 9.18 Å². The second kappa shape index (κ2) is 5.95. The summed E-state index contributed by atoms with van der Waals surface area (Å²) in [6, 6.07) is 5.05. The number of carbonyl (C=O) groups excluding carboxylic acids is 1.